The van der Waals surface area contributed by atoms with E-state index in [9.17, 15) is 5.11 Å². The number of ether oxygens (including phenoxy) is 1. The number of rotatable bonds is 4. The Morgan fingerprint density at radius 1 is 1.35 bits per heavy atom. The fourth-order valence-corrected chi connectivity index (χ4v) is 2.11. The Labute approximate surface area is 102 Å². The molecule has 1 aromatic carbocycles. The number of nitrogens with two attached hydrogens (primary N) is 1. The first-order chi connectivity index (χ1) is 8.31. The molecule has 1 heterocycles. The fraction of sp³-hybridized carbons (Fsp3) is 0.538. The molecule has 94 valence electrons. The summed E-state index contributed by atoms with van der Waals surface area (Å²) < 4.78 is 5.33. The Bertz CT molecular complexity index is 351. The molecule has 0 spiro atoms. The zero-order chi connectivity index (χ0) is 12.1. The molecular formula is C13H20N2O2. The summed E-state index contributed by atoms with van der Waals surface area (Å²) >= 11 is 0. The average molecular weight is 236 g/mol. The predicted molar refractivity (Wildman–Crippen MR) is 67.9 cm³/mol. The van der Waals surface area contributed by atoms with Crippen molar-refractivity contribution in [3.8, 4) is 0 Å². The second-order valence-corrected chi connectivity index (χ2v) is 4.37. The molecule has 0 saturated carbocycles. The molecule has 1 aromatic rings. The standard InChI is InChI=1S/C13H20N2O2/c14-9-13(16)11-3-1-2-4-12(11)15-10-5-7-17-8-6-10/h1-4,10,13,15-16H,5-9,14H2. The van der Waals surface area contributed by atoms with Crippen LogP contribution in [0.25, 0.3) is 0 Å². The fourth-order valence-electron chi connectivity index (χ4n) is 2.11. The highest BCUT2D eigenvalue weighted by atomic mass is 16.5. The van der Waals surface area contributed by atoms with Crippen molar-refractivity contribution in [2.45, 2.75) is 25.0 Å². The Kier molecular flexibility index (Phi) is 4.36. The SMILES string of the molecule is NCC(O)c1ccccc1NC1CCOCC1. The number of para-hydroxylation sites is 1. The number of nitrogens with one attached hydrogen (secondary N) is 1. The second kappa shape index (κ2) is 6.00. The second-order valence-electron chi connectivity index (χ2n) is 4.37. The molecule has 0 radical (unpaired) electrons. The highest BCUT2D eigenvalue weighted by Gasteiger charge is 2.16. The van der Waals surface area contributed by atoms with Gasteiger partial charge in [0.2, 0.25) is 0 Å². The Morgan fingerprint density at radius 3 is 2.76 bits per heavy atom. The van der Waals surface area contributed by atoms with Crippen molar-refractivity contribution in [1.82, 2.24) is 0 Å². The third-order valence-corrected chi connectivity index (χ3v) is 3.12. The average Bonchev–Trinajstić information content (AvgIpc) is 2.40. The minimum atomic E-state index is -0.599. The minimum Gasteiger partial charge on any atom is -0.387 e. The van der Waals surface area contributed by atoms with Gasteiger partial charge in [0, 0.05) is 37.1 Å². The lowest BCUT2D eigenvalue weighted by atomic mass is 10.0. The van der Waals surface area contributed by atoms with Gasteiger partial charge in [-0.3, -0.25) is 0 Å². The molecule has 1 atom stereocenters. The molecule has 1 unspecified atom stereocenters. The third kappa shape index (κ3) is 3.19. The van der Waals surface area contributed by atoms with E-state index in [0.717, 1.165) is 37.3 Å². The van der Waals surface area contributed by atoms with Gasteiger partial charge in [-0.05, 0) is 18.9 Å². The third-order valence-electron chi connectivity index (χ3n) is 3.12. The van der Waals surface area contributed by atoms with Crippen LogP contribution in [0.15, 0.2) is 24.3 Å². The zero-order valence-electron chi connectivity index (χ0n) is 9.93. The molecular weight excluding hydrogens is 216 g/mol. The molecule has 0 aromatic heterocycles. The van der Waals surface area contributed by atoms with Gasteiger partial charge in [-0.25, -0.2) is 0 Å². The topological polar surface area (TPSA) is 67.5 Å². The van der Waals surface area contributed by atoms with Crippen LogP contribution in [-0.4, -0.2) is 30.9 Å². The van der Waals surface area contributed by atoms with Gasteiger partial charge in [-0.15, -0.1) is 0 Å². The number of benzene rings is 1. The molecule has 4 N–H and O–H groups in total. The number of anilines is 1. The van der Waals surface area contributed by atoms with Crippen LogP contribution in [0.3, 0.4) is 0 Å². The van der Waals surface area contributed by atoms with E-state index in [4.69, 9.17) is 10.5 Å². The number of aliphatic hydroxyl groups excluding tert-OH is 1. The molecule has 4 nitrogen and oxygen atoms in total. The van der Waals surface area contributed by atoms with Crippen LogP contribution in [0, 0.1) is 0 Å². The Hall–Kier alpha value is -1.10. The van der Waals surface area contributed by atoms with Gasteiger partial charge >= 0.3 is 0 Å². The first kappa shape index (κ1) is 12.4. The molecule has 1 aliphatic heterocycles. The quantitative estimate of drug-likeness (QED) is 0.736. The molecule has 2 rings (SSSR count). The molecule has 1 saturated heterocycles. The van der Waals surface area contributed by atoms with Crippen molar-refractivity contribution < 1.29 is 9.84 Å². The van der Waals surface area contributed by atoms with Crippen LogP contribution >= 0.6 is 0 Å². The van der Waals surface area contributed by atoms with Crippen LogP contribution in [0.5, 0.6) is 0 Å². The monoisotopic (exact) mass is 236 g/mol. The Morgan fingerprint density at radius 2 is 2.06 bits per heavy atom. The van der Waals surface area contributed by atoms with Crippen molar-refractivity contribution in [2.75, 3.05) is 25.1 Å². The van der Waals surface area contributed by atoms with E-state index in [1.54, 1.807) is 0 Å². The maximum atomic E-state index is 9.85. The van der Waals surface area contributed by atoms with E-state index in [1.165, 1.54) is 0 Å². The van der Waals surface area contributed by atoms with E-state index in [2.05, 4.69) is 5.32 Å². The zero-order valence-corrected chi connectivity index (χ0v) is 9.93. The predicted octanol–water partition coefficient (Wildman–Crippen LogP) is 1.27. The van der Waals surface area contributed by atoms with Gasteiger partial charge in [0.05, 0.1) is 6.10 Å². The summed E-state index contributed by atoms with van der Waals surface area (Å²) in [4.78, 5) is 0. The van der Waals surface area contributed by atoms with Crippen LogP contribution < -0.4 is 11.1 Å². The van der Waals surface area contributed by atoms with Gasteiger partial charge in [-0.2, -0.15) is 0 Å². The number of hydrogen-bond donors (Lipinski definition) is 3. The van der Waals surface area contributed by atoms with Gasteiger partial charge in [0.1, 0.15) is 0 Å². The summed E-state index contributed by atoms with van der Waals surface area (Å²) in [6.07, 6.45) is 1.42. The minimum absolute atomic E-state index is 0.243. The normalized spacial score (nSPS) is 18.9. The molecule has 1 aliphatic rings. The summed E-state index contributed by atoms with van der Waals surface area (Å²) in [5.74, 6) is 0. The molecule has 1 fully saturated rings. The first-order valence-corrected chi connectivity index (χ1v) is 6.12. The Balaban J connectivity index is 2.08. The highest BCUT2D eigenvalue weighted by Crippen LogP contribution is 2.24. The molecule has 0 bridgehead atoms. The van der Waals surface area contributed by atoms with Crippen molar-refractivity contribution in [3.63, 3.8) is 0 Å². The highest BCUT2D eigenvalue weighted by molar-refractivity contribution is 5.53. The van der Waals surface area contributed by atoms with Crippen molar-refractivity contribution >= 4 is 5.69 Å². The van der Waals surface area contributed by atoms with Crippen molar-refractivity contribution in [3.05, 3.63) is 29.8 Å². The smallest absolute Gasteiger partial charge is 0.0932 e. The lowest BCUT2D eigenvalue weighted by molar-refractivity contribution is 0.0904. The largest absolute Gasteiger partial charge is 0.387 e. The van der Waals surface area contributed by atoms with Crippen LogP contribution in [0.2, 0.25) is 0 Å². The van der Waals surface area contributed by atoms with Gasteiger partial charge in [0.25, 0.3) is 0 Å². The number of hydrogen-bond acceptors (Lipinski definition) is 4. The van der Waals surface area contributed by atoms with E-state index in [0.29, 0.717) is 6.04 Å². The molecule has 4 heteroatoms. The van der Waals surface area contributed by atoms with Crippen molar-refractivity contribution in [2.24, 2.45) is 5.73 Å². The van der Waals surface area contributed by atoms with Gasteiger partial charge in [-0.1, -0.05) is 18.2 Å². The number of aliphatic hydroxyl groups is 1. The van der Waals surface area contributed by atoms with E-state index in [-0.39, 0.29) is 6.54 Å². The van der Waals surface area contributed by atoms with Crippen LogP contribution in [0.4, 0.5) is 5.69 Å². The lowest BCUT2D eigenvalue weighted by Crippen LogP contribution is -2.28. The van der Waals surface area contributed by atoms with Crippen LogP contribution in [-0.2, 0) is 4.74 Å². The maximum absolute atomic E-state index is 9.85. The van der Waals surface area contributed by atoms with Gasteiger partial charge in [0.15, 0.2) is 0 Å². The molecule has 0 amide bonds. The lowest BCUT2D eigenvalue weighted by Gasteiger charge is -2.26. The van der Waals surface area contributed by atoms with E-state index < -0.39 is 6.10 Å². The van der Waals surface area contributed by atoms with Crippen molar-refractivity contribution in [1.29, 1.82) is 0 Å². The molecule has 0 aliphatic carbocycles. The van der Waals surface area contributed by atoms with E-state index in [1.807, 2.05) is 24.3 Å². The van der Waals surface area contributed by atoms with Gasteiger partial charge < -0.3 is 20.9 Å². The summed E-state index contributed by atoms with van der Waals surface area (Å²) in [6, 6.07) is 8.22. The van der Waals surface area contributed by atoms with Crippen LogP contribution in [0.1, 0.15) is 24.5 Å². The summed E-state index contributed by atoms with van der Waals surface area (Å²) in [5, 5.41) is 13.3. The maximum Gasteiger partial charge on any atom is 0.0932 e. The molecule has 17 heavy (non-hydrogen) atoms. The summed E-state index contributed by atoms with van der Waals surface area (Å²) in [6.45, 7) is 1.85. The summed E-state index contributed by atoms with van der Waals surface area (Å²) in [5.41, 5.74) is 7.37. The van der Waals surface area contributed by atoms with E-state index >= 15 is 0 Å². The first-order valence-electron chi connectivity index (χ1n) is 6.12. The summed E-state index contributed by atoms with van der Waals surface area (Å²) in [7, 11) is 0.